The molecule has 6 nitrogen and oxygen atoms in total. The summed E-state index contributed by atoms with van der Waals surface area (Å²) in [5.41, 5.74) is -0.474. The minimum Gasteiger partial charge on any atom is -0.502 e. The Balaban J connectivity index is 2.04. The molecule has 0 radical (unpaired) electrons. The van der Waals surface area contributed by atoms with Crippen LogP contribution < -0.4 is 4.72 Å². The average molecular weight is 367 g/mol. The largest absolute Gasteiger partial charge is 0.502 e. The van der Waals surface area contributed by atoms with Gasteiger partial charge in [-0.2, -0.15) is 0 Å². The molecule has 9 heteroatoms. The molecule has 1 aromatic heterocycles. The van der Waals surface area contributed by atoms with E-state index in [-0.39, 0.29) is 4.90 Å². The van der Waals surface area contributed by atoms with Gasteiger partial charge in [0.15, 0.2) is 17.4 Å². The van der Waals surface area contributed by atoms with Crippen molar-refractivity contribution in [3.63, 3.8) is 0 Å². The third kappa shape index (κ3) is 3.01. The maximum Gasteiger partial charge on any atom is 0.264 e. The van der Waals surface area contributed by atoms with Gasteiger partial charge in [-0.1, -0.05) is 24.3 Å². The van der Waals surface area contributed by atoms with Crippen LogP contribution in [0.1, 0.15) is 0 Å². The van der Waals surface area contributed by atoms with E-state index in [4.69, 9.17) is 4.42 Å². The number of sulfonamides is 1. The van der Waals surface area contributed by atoms with Crippen LogP contribution in [0.4, 0.5) is 14.7 Å². The molecule has 0 atom stereocenters. The zero-order valence-corrected chi connectivity index (χ0v) is 13.2. The predicted octanol–water partition coefficient (Wildman–Crippen LogP) is 3.44. The molecule has 0 spiro atoms. The molecule has 130 valence electrons. The number of furan rings is 1. The van der Waals surface area contributed by atoms with Gasteiger partial charge in [-0.05, 0) is 24.3 Å². The van der Waals surface area contributed by atoms with Crippen LogP contribution in [0, 0.1) is 11.6 Å². The molecule has 25 heavy (non-hydrogen) atoms. The van der Waals surface area contributed by atoms with Crippen LogP contribution in [0.25, 0.3) is 11.3 Å². The Kier molecular flexibility index (Phi) is 4.09. The number of nitrogens with one attached hydrogen (secondary N) is 1. The summed E-state index contributed by atoms with van der Waals surface area (Å²) in [5.74, 6) is -5.71. The lowest BCUT2D eigenvalue weighted by molar-refractivity contribution is 0.410. The molecule has 3 aromatic rings. The third-order valence-corrected chi connectivity index (χ3v) is 4.68. The molecule has 0 saturated carbocycles. The van der Waals surface area contributed by atoms with Gasteiger partial charge in [-0.25, -0.2) is 21.9 Å². The highest BCUT2D eigenvalue weighted by atomic mass is 32.2. The van der Waals surface area contributed by atoms with E-state index in [0.717, 1.165) is 12.1 Å². The first-order valence-electron chi connectivity index (χ1n) is 6.88. The zero-order chi connectivity index (χ0) is 18.2. The summed E-state index contributed by atoms with van der Waals surface area (Å²) in [4.78, 5) is -0.122. The van der Waals surface area contributed by atoms with Crippen LogP contribution in [0.5, 0.6) is 11.5 Å². The maximum atomic E-state index is 13.8. The number of halogens is 2. The summed E-state index contributed by atoms with van der Waals surface area (Å²) in [6, 6.07) is 10.3. The van der Waals surface area contributed by atoms with E-state index in [0.29, 0.717) is 0 Å². The first-order chi connectivity index (χ1) is 11.8. The number of anilines is 1. The summed E-state index contributed by atoms with van der Waals surface area (Å²) in [6.07, 6.45) is 0. The molecule has 0 bridgehead atoms. The van der Waals surface area contributed by atoms with Crippen LogP contribution in [-0.4, -0.2) is 18.6 Å². The van der Waals surface area contributed by atoms with Gasteiger partial charge in [0.25, 0.3) is 15.9 Å². The van der Waals surface area contributed by atoms with E-state index in [2.05, 4.69) is 0 Å². The normalized spacial score (nSPS) is 11.4. The third-order valence-electron chi connectivity index (χ3n) is 3.34. The van der Waals surface area contributed by atoms with Crippen molar-refractivity contribution in [2.45, 2.75) is 4.90 Å². The molecule has 1 heterocycles. The van der Waals surface area contributed by atoms with E-state index in [1.165, 1.54) is 30.3 Å². The van der Waals surface area contributed by atoms with Gasteiger partial charge in [0.05, 0.1) is 10.5 Å². The van der Waals surface area contributed by atoms with Crippen molar-refractivity contribution >= 4 is 15.9 Å². The first-order valence-corrected chi connectivity index (χ1v) is 8.36. The van der Waals surface area contributed by atoms with E-state index < -0.39 is 50.4 Å². The van der Waals surface area contributed by atoms with E-state index >= 15 is 0 Å². The summed E-state index contributed by atoms with van der Waals surface area (Å²) in [7, 11) is -4.12. The molecule has 0 amide bonds. The fraction of sp³-hybridized carbons (Fsp3) is 0. The SMILES string of the molecule is O=S(=O)(Nc1oc(-c2cccc(F)c2F)c(O)c1O)c1ccccc1. The van der Waals surface area contributed by atoms with Gasteiger partial charge < -0.3 is 14.6 Å². The quantitative estimate of drug-likeness (QED) is 0.656. The minimum absolute atomic E-state index is 0.122. The average Bonchev–Trinajstić information content (AvgIpc) is 2.86. The van der Waals surface area contributed by atoms with Crippen molar-refractivity contribution in [3.8, 4) is 22.8 Å². The number of rotatable bonds is 4. The first kappa shape index (κ1) is 16.8. The number of aromatic hydroxyl groups is 2. The van der Waals surface area contributed by atoms with E-state index in [1.807, 2.05) is 4.72 Å². The molecule has 0 unspecified atom stereocenters. The van der Waals surface area contributed by atoms with Crippen molar-refractivity contribution in [3.05, 3.63) is 60.2 Å². The molecule has 0 saturated heterocycles. The smallest absolute Gasteiger partial charge is 0.264 e. The van der Waals surface area contributed by atoms with Crippen LogP contribution in [0.3, 0.4) is 0 Å². The molecule has 0 fully saturated rings. The summed E-state index contributed by atoms with van der Waals surface area (Å²) in [6.45, 7) is 0. The summed E-state index contributed by atoms with van der Waals surface area (Å²) >= 11 is 0. The zero-order valence-electron chi connectivity index (χ0n) is 12.4. The van der Waals surface area contributed by atoms with Gasteiger partial charge in [0.2, 0.25) is 11.5 Å². The molecule has 0 aliphatic rings. The standard InChI is InChI=1S/C16H11F2NO5S/c17-11-8-4-7-10(12(11)18)15-13(20)14(21)16(24-15)19-25(22,23)9-5-2-1-3-6-9/h1-8,19-21H. The minimum atomic E-state index is -4.12. The highest BCUT2D eigenvalue weighted by Crippen LogP contribution is 2.46. The monoisotopic (exact) mass is 367 g/mol. The second kappa shape index (κ2) is 6.10. The van der Waals surface area contributed by atoms with Crippen LogP contribution in [0.2, 0.25) is 0 Å². The Morgan fingerprint density at radius 1 is 0.920 bits per heavy atom. The highest BCUT2D eigenvalue weighted by molar-refractivity contribution is 7.92. The number of benzene rings is 2. The summed E-state index contributed by atoms with van der Waals surface area (Å²) < 4.78 is 58.6. The van der Waals surface area contributed by atoms with Crippen molar-refractivity contribution in [2.75, 3.05) is 4.72 Å². The summed E-state index contributed by atoms with van der Waals surface area (Å²) in [5, 5.41) is 19.8. The Labute approximate surface area is 141 Å². The van der Waals surface area contributed by atoms with Crippen LogP contribution in [0.15, 0.2) is 57.8 Å². The molecule has 0 aliphatic carbocycles. The predicted molar refractivity (Wildman–Crippen MR) is 84.6 cm³/mol. The maximum absolute atomic E-state index is 13.8. The fourth-order valence-corrected chi connectivity index (χ4v) is 3.14. The van der Waals surface area contributed by atoms with Gasteiger partial charge in [0, 0.05) is 0 Å². The molecular weight excluding hydrogens is 356 g/mol. The Morgan fingerprint density at radius 3 is 2.28 bits per heavy atom. The second-order valence-electron chi connectivity index (χ2n) is 4.98. The molecule has 0 aliphatic heterocycles. The second-order valence-corrected chi connectivity index (χ2v) is 6.66. The van der Waals surface area contributed by atoms with Crippen molar-refractivity contribution in [2.24, 2.45) is 0 Å². The number of hydrogen-bond acceptors (Lipinski definition) is 5. The van der Waals surface area contributed by atoms with Gasteiger partial charge in [-0.3, -0.25) is 0 Å². The lowest BCUT2D eigenvalue weighted by atomic mass is 10.1. The molecule has 3 rings (SSSR count). The van der Waals surface area contributed by atoms with Gasteiger partial charge >= 0.3 is 0 Å². The Hall–Kier alpha value is -3.07. The Bertz CT molecular complexity index is 1030. The molecule has 3 N–H and O–H groups in total. The van der Waals surface area contributed by atoms with Crippen LogP contribution >= 0.6 is 0 Å². The van der Waals surface area contributed by atoms with Gasteiger partial charge in [-0.15, -0.1) is 0 Å². The van der Waals surface area contributed by atoms with Crippen molar-refractivity contribution < 1.29 is 31.8 Å². The molecular formula is C16H11F2NO5S. The molecule has 2 aromatic carbocycles. The highest BCUT2D eigenvalue weighted by Gasteiger charge is 2.27. The lowest BCUT2D eigenvalue weighted by Gasteiger charge is -2.05. The fourth-order valence-electron chi connectivity index (χ4n) is 2.13. The van der Waals surface area contributed by atoms with Crippen molar-refractivity contribution in [1.29, 1.82) is 0 Å². The number of hydrogen-bond donors (Lipinski definition) is 3. The van der Waals surface area contributed by atoms with E-state index in [1.54, 1.807) is 6.07 Å². The Morgan fingerprint density at radius 2 is 1.60 bits per heavy atom. The van der Waals surface area contributed by atoms with Gasteiger partial charge in [0.1, 0.15) is 0 Å². The van der Waals surface area contributed by atoms with Crippen LogP contribution in [-0.2, 0) is 10.0 Å². The lowest BCUT2D eigenvalue weighted by Crippen LogP contribution is -2.12. The van der Waals surface area contributed by atoms with Crippen molar-refractivity contribution in [1.82, 2.24) is 0 Å². The van der Waals surface area contributed by atoms with E-state index in [9.17, 15) is 27.4 Å². The topological polar surface area (TPSA) is 99.8 Å².